The largest absolute Gasteiger partial charge is 0.489 e. The van der Waals surface area contributed by atoms with Crippen LogP contribution in [-0.2, 0) is 16.8 Å². The van der Waals surface area contributed by atoms with Crippen molar-refractivity contribution in [1.29, 1.82) is 0 Å². The molecule has 4 nitrogen and oxygen atoms in total. The number of aliphatic hydroxyl groups is 1. The number of hydrogen-bond donors (Lipinski definition) is 2. The predicted octanol–water partition coefficient (Wildman–Crippen LogP) is 3.34. The van der Waals surface area contributed by atoms with Gasteiger partial charge in [0.2, 0.25) is 0 Å². The van der Waals surface area contributed by atoms with Crippen LogP contribution >= 0.6 is 0 Å². The van der Waals surface area contributed by atoms with Crippen molar-refractivity contribution in [1.82, 2.24) is 5.32 Å². The molecule has 2 N–H and O–H groups in total. The van der Waals surface area contributed by atoms with E-state index in [-0.39, 0.29) is 12.0 Å². The summed E-state index contributed by atoms with van der Waals surface area (Å²) in [5.74, 6) is 0.381. The molecule has 128 valence electrons. The van der Waals surface area contributed by atoms with Crippen LogP contribution in [0.2, 0.25) is 0 Å². The zero-order valence-electron chi connectivity index (χ0n) is 14.7. The number of benzene rings is 2. The van der Waals surface area contributed by atoms with Crippen LogP contribution in [0.3, 0.4) is 0 Å². The summed E-state index contributed by atoms with van der Waals surface area (Å²) in [6.07, 6.45) is -1.20. The molecule has 0 saturated heterocycles. The molecule has 0 aliphatic heterocycles. The third kappa shape index (κ3) is 4.15. The summed E-state index contributed by atoms with van der Waals surface area (Å²) in [5, 5.41) is 12.6. The molecule has 1 unspecified atom stereocenters. The number of hydrogen-bond acceptors (Lipinski definition) is 3. The molecule has 4 heteroatoms. The Kier molecular flexibility index (Phi) is 5.62. The number of carbonyl (C=O) groups is 1. The molecule has 0 aromatic heterocycles. The number of nitrogens with one attached hydrogen (secondary N) is 1. The first-order valence-corrected chi connectivity index (χ1v) is 8.04. The second kappa shape index (κ2) is 7.49. The van der Waals surface area contributed by atoms with Crippen molar-refractivity contribution in [2.45, 2.75) is 38.9 Å². The zero-order valence-corrected chi connectivity index (χ0v) is 14.7. The van der Waals surface area contributed by atoms with Crippen LogP contribution in [0.4, 0.5) is 0 Å². The third-order valence-corrected chi connectivity index (χ3v) is 3.92. The molecule has 0 saturated carbocycles. The Hall–Kier alpha value is -2.33. The number of para-hydroxylation sites is 1. The van der Waals surface area contributed by atoms with Crippen molar-refractivity contribution in [3.8, 4) is 5.75 Å². The molecule has 0 heterocycles. The number of carbonyl (C=O) groups excluding carboxylic acids is 1. The van der Waals surface area contributed by atoms with E-state index in [1.807, 2.05) is 30.3 Å². The maximum absolute atomic E-state index is 11.7. The number of ether oxygens (including phenoxy) is 1. The van der Waals surface area contributed by atoms with Crippen LogP contribution in [0.25, 0.3) is 0 Å². The quantitative estimate of drug-likeness (QED) is 0.885. The monoisotopic (exact) mass is 327 g/mol. The van der Waals surface area contributed by atoms with Crippen LogP contribution in [0.15, 0.2) is 48.5 Å². The number of aliphatic hydroxyl groups excluding tert-OH is 1. The Morgan fingerprint density at radius 3 is 2.42 bits per heavy atom. The minimum absolute atomic E-state index is 0.0300. The maximum atomic E-state index is 11.7. The number of rotatable bonds is 5. The summed E-state index contributed by atoms with van der Waals surface area (Å²) in [7, 11) is 1.50. The fourth-order valence-corrected chi connectivity index (χ4v) is 2.58. The van der Waals surface area contributed by atoms with E-state index >= 15 is 0 Å². The Labute approximate surface area is 143 Å². The Morgan fingerprint density at radius 2 is 1.75 bits per heavy atom. The molecular weight excluding hydrogens is 302 g/mol. The summed E-state index contributed by atoms with van der Waals surface area (Å²) >= 11 is 0. The Morgan fingerprint density at radius 1 is 1.12 bits per heavy atom. The predicted molar refractivity (Wildman–Crippen MR) is 94.9 cm³/mol. The van der Waals surface area contributed by atoms with Gasteiger partial charge in [0.15, 0.2) is 6.10 Å². The minimum Gasteiger partial charge on any atom is -0.489 e. The Balaban J connectivity index is 2.24. The molecule has 0 spiro atoms. The summed E-state index contributed by atoms with van der Waals surface area (Å²) in [4.78, 5) is 11.7. The van der Waals surface area contributed by atoms with Crippen LogP contribution in [0.1, 0.15) is 43.6 Å². The highest BCUT2D eigenvalue weighted by Gasteiger charge is 2.21. The van der Waals surface area contributed by atoms with Gasteiger partial charge in [-0.1, -0.05) is 63.2 Å². The number of likely N-dealkylation sites (N-methyl/N-ethyl adjacent to an activating group) is 1. The van der Waals surface area contributed by atoms with Crippen molar-refractivity contribution in [2.75, 3.05) is 7.05 Å². The van der Waals surface area contributed by atoms with Crippen LogP contribution in [0, 0.1) is 0 Å². The normalized spacial score (nSPS) is 12.5. The lowest BCUT2D eigenvalue weighted by atomic mass is 9.86. The molecule has 1 amide bonds. The first-order valence-electron chi connectivity index (χ1n) is 8.04. The number of amides is 1. The van der Waals surface area contributed by atoms with Crippen molar-refractivity contribution in [3.05, 3.63) is 65.2 Å². The van der Waals surface area contributed by atoms with E-state index in [0.29, 0.717) is 5.56 Å². The van der Waals surface area contributed by atoms with Gasteiger partial charge in [-0.2, -0.15) is 0 Å². The van der Waals surface area contributed by atoms with Crippen LogP contribution in [-0.4, -0.2) is 18.1 Å². The maximum Gasteiger partial charge on any atom is 0.253 e. The highest BCUT2D eigenvalue weighted by molar-refractivity contribution is 5.82. The molecule has 2 aromatic carbocycles. The SMILES string of the molecule is CNC(=O)C(O)c1ccccc1COc1ccccc1C(C)(C)C. The summed E-state index contributed by atoms with van der Waals surface area (Å²) < 4.78 is 6.01. The van der Waals surface area contributed by atoms with E-state index in [9.17, 15) is 9.90 Å². The zero-order chi connectivity index (χ0) is 17.7. The Bertz CT molecular complexity index is 704. The van der Waals surface area contributed by atoms with Gasteiger partial charge < -0.3 is 15.2 Å². The molecule has 2 aromatic rings. The van der Waals surface area contributed by atoms with Crippen LogP contribution in [0.5, 0.6) is 5.75 Å². The summed E-state index contributed by atoms with van der Waals surface area (Å²) in [6, 6.07) is 15.2. The second-order valence-corrected chi connectivity index (χ2v) is 6.75. The highest BCUT2D eigenvalue weighted by Crippen LogP contribution is 2.31. The molecule has 0 radical (unpaired) electrons. The lowest BCUT2D eigenvalue weighted by Crippen LogP contribution is -2.26. The van der Waals surface area contributed by atoms with E-state index in [4.69, 9.17) is 4.74 Å². The fraction of sp³-hybridized carbons (Fsp3) is 0.350. The van der Waals surface area contributed by atoms with E-state index in [0.717, 1.165) is 16.9 Å². The standard InChI is InChI=1S/C20H25NO3/c1-20(2,3)16-11-7-8-12-17(16)24-13-14-9-5-6-10-15(14)18(22)19(23)21-4/h5-12,18,22H,13H2,1-4H3,(H,21,23). The first kappa shape index (κ1) is 18.0. The molecule has 0 bridgehead atoms. The van der Waals surface area contributed by atoms with Crippen molar-refractivity contribution >= 4 is 5.91 Å². The van der Waals surface area contributed by atoms with Gasteiger partial charge in [0.1, 0.15) is 12.4 Å². The van der Waals surface area contributed by atoms with E-state index in [2.05, 4.69) is 32.2 Å². The molecule has 0 aliphatic carbocycles. The smallest absolute Gasteiger partial charge is 0.253 e. The van der Waals surface area contributed by atoms with Crippen molar-refractivity contribution in [2.24, 2.45) is 0 Å². The molecule has 1 atom stereocenters. The third-order valence-electron chi connectivity index (χ3n) is 3.92. The molecule has 24 heavy (non-hydrogen) atoms. The van der Waals surface area contributed by atoms with E-state index in [1.165, 1.54) is 7.05 Å². The summed E-state index contributed by atoms with van der Waals surface area (Å²) in [6.45, 7) is 6.70. The fourth-order valence-electron chi connectivity index (χ4n) is 2.58. The minimum atomic E-state index is -1.20. The van der Waals surface area contributed by atoms with Crippen molar-refractivity contribution < 1.29 is 14.6 Å². The van der Waals surface area contributed by atoms with Gasteiger partial charge in [0.05, 0.1) is 0 Å². The van der Waals surface area contributed by atoms with E-state index < -0.39 is 12.0 Å². The van der Waals surface area contributed by atoms with Gasteiger partial charge in [0.25, 0.3) is 5.91 Å². The first-order chi connectivity index (χ1) is 11.3. The lowest BCUT2D eigenvalue weighted by Gasteiger charge is -2.23. The van der Waals surface area contributed by atoms with Crippen molar-refractivity contribution in [3.63, 3.8) is 0 Å². The molecular formula is C20H25NO3. The lowest BCUT2D eigenvalue weighted by molar-refractivity contribution is -0.129. The molecule has 2 rings (SSSR count). The van der Waals surface area contributed by atoms with Gasteiger partial charge in [-0.15, -0.1) is 0 Å². The average molecular weight is 327 g/mol. The van der Waals surface area contributed by atoms with Crippen LogP contribution < -0.4 is 10.1 Å². The highest BCUT2D eigenvalue weighted by atomic mass is 16.5. The van der Waals surface area contributed by atoms with Gasteiger partial charge in [-0.05, 0) is 28.2 Å². The average Bonchev–Trinajstić information content (AvgIpc) is 2.58. The molecule has 0 fully saturated rings. The summed E-state index contributed by atoms with van der Waals surface area (Å²) in [5.41, 5.74) is 2.44. The molecule has 0 aliphatic rings. The van der Waals surface area contributed by atoms with Gasteiger partial charge >= 0.3 is 0 Å². The second-order valence-electron chi connectivity index (χ2n) is 6.75. The topological polar surface area (TPSA) is 58.6 Å². The van der Waals surface area contributed by atoms with Gasteiger partial charge in [-0.3, -0.25) is 4.79 Å². The van der Waals surface area contributed by atoms with E-state index in [1.54, 1.807) is 12.1 Å². The van der Waals surface area contributed by atoms with Gasteiger partial charge in [-0.25, -0.2) is 0 Å². The van der Waals surface area contributed by atoms with Gasteiger partial charge in [0, 0.05) is 7.05 Å².